The molecule has 2 heteroatoms. The van der Waals surface area contributed by atoms with Gasteiger partial charge in [-0.2, -0.15) is 0 Å². The Kier molecular flexibility index (Phi) is 3.09. The number of hydrogen-bond donors (Lipinski definition) is 1. The Bertz CT molecular complexity index is 639. The Hall–Kier alpha value is -2.09. The summed E-state index contributed by atoms with van der Waals surface area (Å²) in [6.07, 6.45) is 1.88. The number of para-hydroxylation sites is 1. The fourth-order valence-corrected chi connectivity index (χ4v) is 2.60. The van der Waals surface area contributed by atoms with E-state index < -0.39 is 0 Å². The van der Waals surface area contributed by atoms with Crippen LogP contribution in [0.3, 0.4) is 0 Å². The standard InChI is InChI=1S/C18H19NO/c1-13-7-9-15(10-8-13)18(11-12-18)17(20)19-16-6-4-3-5-14(16)2/h3-10H,11-12H2,1-2H3,(H,19,20). The van der Waals surface area contributed by atoms with Gasteiger partial charge in [0.25, 0.3) is 0 Å². The third-order valence-corrected chi connectivity index (χ3v) is 4.18. The maximum atomic E-state index is 12.6. The Morgan fingerprint density at radius 1 is 1.00 bits per heavy atom. The van der Waals surface area contributed by atoms with E-state index in [0.29, 0.717) is 0 Å². The van der Waals surface area contributed by atoms with Crippen molar-refractivity contribution < 1.29 is 4.79 Å². The van der Waals surface area contributed by atoms with Crippen molar-refractivity contribution in [2.24, 2.45) is 0 Å². The molecule has 0 heterocycles. The molecule has 0 aromatic heterocycles. The van der Waals surface area contributed by atoms with Crippen molar-refractivity contribution in [3.63, 3.8) is 0 Å². The van der Waals surface area contributed by atoms with Crippen molar-refractivity contribution in [3.8, 4) is 0 Å². The molecular formula is C18H19NO. The molecule has 0 bridgehead atoms. The smallest absolute Gasteiger partial charge is 0.235 e. The number of aryl methyl sites for hydroxylation is 2. The first-order valence-corrected chi connectivity index (χ1v) is 7.06. The van der Waals surface area contributed by atoms with Gasteiger partial charge >= 0.3 is 0 Å². The van der Waals surface area contributed by atoms with Gasteiger partial charge in [0.15, 0.2) is 0 Å². The highest BCUT2D eigenvalue weighted by Crippen LogP contribution is 2.49. The average Bonchev–Trinajstić information content (AvgIpc) is 3.24. The van der Waals surface area contributed by atoms with Crippen LogP contribution in [0.15, 0.2) is 48.5 Å². The first-order valence-electron chi connectivity index (χ1n) is 7.06. The predicted octanol–water partition coefficient (Wildman–Crippen LogP) is 3.97. The fourth-order valence-electron chi connectivity index (χ4n) is 2.60. The van der Waals surface area contributed by atoms with Crippen LogP contribution in [0.1, 0.15) is 29.5 Å². The van der Waals surface area contributed by atoms with Gasteiger partial charge in [-0.05, 0) is 43.9 Å². The van der Waals surface area contributed by atoms with Crippen LogP contribution in [0.25, 0.3) is 0 Å². The second kappa shape index (κ2) is 4.78. The zero-order valence-electron chi connectivity index (χ0n) is 11.9. The number of benzene rings is 2. The van der Waals surface area contributed by atoms with E-state index >= 15 is 0 Å². The normalized spacial score (nSPS) is 15.7. The Labute approximate surface area is 119 Å². The summed E-state index contributed by atoms with van der Waals surface area (Å²) in [5.74, 6) is 0.121. The molecule has 20 heavy (non-hydrogen) atoms. The van der Waals surface area contributed by atoms with Crippen LogP contribution in [-0.2, 0) is 10.2 Å². The van der Waals surface area contributed by atoms with Gasteiger partial charge in [0.05, 0.1) is 5.41 Å². The minimum atomic E-state index is -0.310. The molecule has 1 fully saturated rings. The number of nitrogens with one attached hydrogen (secondary N) is 1. The van der Waals surface area contributed by atoms with Crippen molar-refractivity contribution in [2.75, 3.05) is 5.32 Å². The highest BCUT2D eigenvalue weighted by atomic mass is 16.2. The first kappa shape index (κ1) is 12.9. The van der Waals surface area contributed by atoms with E-state index in [4.69, 9.17) is 0 Å². The molecule has 0 atom stereocenters. The summed E-state index contributed by atoms with van der Waals surface area (Å²) in [6.45, 7) is 4.08. The lowest BCUT2D eigenvalue weighted by atomic mass is 9.94. The van der Waals surface area contributed by atoms with Crippen molar-refractivity contribution >= 4 is 11.6 Å². The maximum Gasteiger partial charge on any atom is 0.235 e. The highest BCUT2D eigenvalue weighted by Gasteiger charge is 2.51. The average molecular weight is 265 g/mol. The van der Waals surface area contributed by atoms with Crippen molar-refractivity contribution in [3.05, 3.63) is 65.2 Å². The summed E-state index contributed by atoms with van der Waals surface area (Å²) in [7, 11) is 0. The number of anilines is 1. The molecule has 1 amide bonds. The van der Waals surface area contributed by atoms with Gasteiger partial charge in [-0.3, -0.25) is 4.79 Å². The summed E-state index contributed by atoms with van der Waals surface area (Å²) in [5.41, 5.74) is 4.06. The molecule has 0 unspecified atom stereocenters. The summed E-state index contributed by atoms with van der Waals surface area (Å²) < 4.78 is 0. The summed E-state index contributed by atoms with van der Waals surface area (Å²) >= 11 is 0. The summed E-state index contributed by atoms with van der Waals surface area (Å²) in [5, 5.41) is 3.09. The number of hydrogen-bond acceptors (Lipinski definition) is 1. The Balaban J connectivity index is 1.84. The van der Waals surface area contributed by atoms with E-state index in [9.17, 15) is 4.79 Å². The predicted molar refractivity (Wildman–Crippen MR) is 81.9 cm³/mol. The molecule has 2 aromatic carbocycles. The monoisotopic (exact) mass is 265 g/mol. The molecule has 2 aromatic rings. The van der Waals surface area contributed by atoms with Crippen LogP contribution in [0, 0.1) is 13.8 Å². The molecule has 3 rings (SSSR count). The van der Waals surface area contributed by atoms with E-state index in [2.05, 4.69) is 36.5 Å². The van der Waals surface area contributed by atoms with Crippen LogP contribution in [0.4, 0.5) is 5.69 Å². The molecule has 102 valence electrons. The van der Waals surface area contributed by atoms with E-state index in [0.717, 1.165) is 29.7 Å². The Morgan fingerprint density at radius 2 is 1.65 bits per heavy atom. The fraction of sp³-hybridized carbons (Fsp3) is 0.278. The van der Waals surface area contributed by atoms with Gasteiger partial charge in [0.2, 0.25) is 5.91 Å². The van der Waals surface area contributed by atoms with E-state index in [1.165, 1.54) is 5.56 Å². The number of amides is 1. The SMILES string of the molecule is Cc1ccc(C2(C(=O)Nc3ccccc3C)CC2)cc1. The van der Waals surface area contributed by atoms with Crippen LogP contribution in [-0.4, -0.2) is 5.91 Å². The maximum absolute atomic E-state index is 12.6. The zero-order chi connectivity index (χ0) is 14.2. The van der Waals surface area contributed by atoms with Gasteiger partial charge in [-0.15, -0.1) is 0 Å². The highest BCUT2D eigenvalue weighted by molar-refractivity contribution is 6.01. The van der Waals surface area contributed by atoms with Crippen molar-refractivity contribution in [1.29, 1.82) is 0 Å². The molecule has 0 radical (unpaired) electrons. The topological polar surface area (TPSA) is 29.1 Å². The van der Waals surface area contributed by atoms with Gasteiger partial charge in [-0.1, -0.05) is 48.0 Å². The van der Waals surface area contributed by atoms with E-state index in [1.807, 2.05) is 31.2 Å². The summed E-state index contributed by atoms with van der Waals surface area (Å²) in [4.78, 5) is 12.6. The largest absolute Gasteiger partial charge is 0.325 e. The zero-order valence-corrected chi connectivity index (χ0v) is 11.9. The third-order valence-electron chi connectivity index (χ3n) is 4.18. The van der Waals surface area contributed by atoms with Gasteiger partial charge in [-0.25, -0.2) is 0 Å². The molecular weight excluding hydrogens is 246 g/mol. The van der Waals surface area contributed by atoms with Crippen molar-refractivity contribution in [1.82, 2.24) is 0 Å². The lowest BCUT2D eigenvalue weighted by molar-refractivity contribution is -0.118. The van der Waals surface area contributed by atoms with Crippen LogP contribution in [0.5, 0.6) is 0 Å². The quantitative estimate of drug-likeness (QED) is 0.893. The minimum absolute atomic E-state index is 0.121. The van der Waals surface area contributed by atoms with Gasteiger partial charge in [0.1, 0.15) is 0 Å². The minimum Gasteiger partial charge on any atom is -0.325 e. The molecule has 0 saturated heterocycles. The number of carbonyl (C=O) groups is 1. The van der Waals surface area contributed by atoms with Gasteiger partial charge in [0, 0.05) is 5.69 Å². The molecule has 1 saturated carbocycles. The lowest BCUT2D eigenvalue weighted by Gasteiger charge is -2.17. The molecule has 1 N–H and O–H groups in total. The number of rotatable bonds is 3. The van der Waals surface area contributed by atoms with E-state index in [1.54, 1.807) is 0 Å². The van der Waals surface area contributed by atoms with Crippen molar-refractivity contribution in [2.45, 2.75) is 32.1 Å². The van der Waals surface area contributed by atoms with Crippen LogP contribution < -0.4 is 5.32 Å². The molecule has 2 nitrogen and oxygen atoms in total. The molecule has 1 aliphatic rings. The number of carbonyl (C=O) groups excluding carboxylic acids is 1. The Morgan fingerprint density at radius 3 is 2.25 bits per heavy atom. The second-order valence-electron chi connectivity index (χ2n) is 5.72. The second-order valence-corrected chi connectivity index (χ2v) is 5.72. The van der Waals surface area contributed by atoms with Gasteiger partial charge < -0.3 is 5.32 Å². The third kappa shape index (κ3) is 2.22. The molecule has 0 aliphatic heterocycles. The first-order chi connectivity index (χ1) is 9.62. The van der Waals surface area contributed by atoms with Crippen LogP contribution in [0.2, 0.25) is 0 Å². The van der Waals surface area contributed by atoms with Crippen LogP contribution >= 0.6 is 0 Å². The van der Waals surface area contributed by atoms with E-state index in [-0.39, 0.29) is 11.3 Å². The lowest BCUT2D eigenvalue weighted by Crippen LogP contribution is -2.28. The summed E-state index contributed by atoms with van der Waals surface area (Å²) in [6, 6.07) is 16.2. The molecule has 0 spiro atoms. The molecule has 1 aliphatic carbocycles.